The number of hydrogen-bond acceptors (Lipinski definition) is 6. The summed E-state index contributed by atoms with van der Waals surface area (Å²) in [5, 5.41) is 14.0. The molecular formula is C19H19ClN2O6. The molecule has 2 aromatic rings. The van der Waals surface area contributed by atoms with E-state index in [4.69, 9.17) is 21.1 Å². The lowest BCUT2D eigenvalue weighted by molar-refractivity contribution is -0.385. The van der Waals surface area contributed by atoms with Crippen molar-refractivity contribution in [2.45, 2.75) is 26.3 Å². The lowest BCUT2D eigenvalue weighted by atomic mass is 10.00. The number of nitro benzene ring substituents is 1. The predicted molar refractivity (Wildman–Crippen MR) is 103 cm³/mol. The number of ketones is 1. The quantitative estimate of drug-likeness (QED) is 0.546. The topological polar surface area (TPSA) is 108 Å². The lowest BCUT2D eigenvalue weighted by Crippen LogP contribution is -2.48. The third kappa shape index (κ3) is 4.77. The van der Waals surface area contributed by atoms with Gasteiger partial charge in [0.05, 0.1) is 17.6 Å². The first kappa shape index (κ1) is 21.2. The van der Waals surface area contributed by atoms with Gasteiger partial charge in [-0.3, -0.25) is 19.7 Å². The average molecular weight is 407 g/mol. The van der Waals surface area contributed by atoms with Crippen molar-refractivity contribution in [1.29, 1.82) is 0 Å². The zero-order valence-corrected chi connectivity index (χ0v) is 16.5. The van der Waals surface area contributed by atoms with Gasteiger partial charge in [0.25, 0.3) is 5.91 Å². The number of carbonyl (C=O) groups excluding carboxylic acids is 2. The number of methoxy groups -OCH3 is 1. The Hall–Kier alpha value is -3.13. The summed E-state index contributed by atoms with van der Waals surface area (Å²) in [5.41, 5.74) is -1.09. The monoisotopic (exact) mass is 406 g/mol. The second kappa shape index (κ2) is 8.26. The molecule has 9 heteroatoms. The molecule has 0 radical (unpaired) electrons. The van der Waals surface area contributed by atoms with Crippen molar-refractivity contribution in [3.8, 4) is 17.2 Å². The number of carbonyl (C=O) groups is 2. The van der Waals surface area contributed by atoms with E-state index in [0.717, 1.165) is 0 Å². The molecule has 2 rings (SSSR count). The van der Waals surface area contributed by atoms with Crippen LogP contribution in [0.3, 0.4) is 0 Å². The minimum Gasteiger partial charge on any atom is -0.493 e. The van der Waals surface area contributed by atoms with Gasteiger partial charge in [0.1, 0.15) is 0 Å². The van der Waals surface area contributed by atoms with Crippen LogP contribution in [0.25, 0.3) is 0 Å². The molecule has 0 fully saturated rings. The van der Waals surface area contributed by atoms with Gasteiger partial charge in [-0.25, -0.2) is 0 Å². The van der Waals surface area contributed by atoms with Crippen LogP contribution < -0.4 is 14.8 Å². The van der Waals surface area contributed by atoms with Gasteiger partial charge in [0, 0.05) is 16.7 Å². The molecule has 1 amide bonds. The Morgan fingerprint density at radius 3 is 2.32 bits per heavy atom. The molecule has 28 heavy (non-hydrogen) atoms. The molecule has 8 nitrogen and oxygen atoms in total. The molecule has 0 spiro atoms. The van der Waals surface area contributed by atoms with Gasteiger partial charge in [0.2, 0.25) is 5.75 Å². The normalized spacial score (nSPS) is 10.9. The fraction of sp³-hybridized carbons (Fsp3) is 0.263. The molecule has 0 bridgehead atoms. The molecule has 0 atom stereocenters. The van der Waals surface area contributed by atoms with E-state index in [2.05, 4.69) is 5.32 Å². The number of nitrogens with zero attached hydrogens (tertiary/aromatic N) is 1. The van der Waals surface area contributed by atoms with Gasteiger partial charge < -0.3 is 14.8 Å². The van der Waals surface area contributed by atoms with E-state index < -0.39 is 16.4 Å². The van der Waals surface area contributed by atoms with Crippen molar-refractivity contribution >= 4 is 29.0 Å². The van der Waals surface area contributed by atoms with E-state index in [-0.39, 0.29) is 39.3 Å². The summed E-state index contributed by atoms with van der Waals surface area (Å²) in [6.45, 7) is 4.58. The van der Waals surface area contributed by atoms with E-state index in [1.54, 1.807) is 13.8 Å². The summed E-state index contributed by atoms with van der Waals surface area (Å²) in [4.78, 5) is 34.6. The minimum atomic E-state index is -1.02. The first-order chi connectivity index (χ1) is 13.0. The molecule has 0 aliphatic heterocycles. The Morgan fingerprint density at radius 2 is 1.75 bits per heavy atom. The summed E-state index contributed by atoms with van der Waals surface area (Å²) < 4.78 is 10.9. The van der Waals surface area contributed by atoms with E-state index in [1.807, 2.05) is 0 Å². The first-order valence-corrected chi connectivity index (χ1v) is 8.56. The Balaban J connectivity index is 2.33. The van der Waals surface area contributed by atoms with Gasteiger partial charge in [-0.15, -0.1) is 0 Å². The number of nitrogens with one attached hydrogen (secondary N) is 1. The lowest BCUT2D eigenvalue weighted by Gasteiger charge is -2.23. The highest BCUT2D eigenvalue weighted by Crippen LogP contribution is 2.37. The molecule has 0 aliphatic carbocycles. The summed E-state index contributed by atoms with van der Waals surface area (Å²) in [5.74, 6) is -0.319. The average Bonchev–Trinajstić information content (AvgIpc) is 2.62. The van der Waals surface area contributed by atoms with Gasteiger partial charge in [-0.1, -0.05) is 11.6 Å². The minimum absolute atomic E-state index is 0.0254. The van der Waals surface area contributed by atoms with Crippen molar-refractivity contribution in [3.05, 3.63) is 57.1 Å². The van der Waals surface area contributed by atoms with Crippen LogP contribution in [0, 0.1) is 10.1 Å². The van der Waals surface area contributed by atoms with E-state index >= 15 is 0 Å². The highest BCUT2D eigenvalue weighted by molar-refractivity contribution is 6.30. The van der Waals surface area contributed by atoms with Crippen molar-refractivity contribution in [2.75, 3.05) is 7.11 Å². The van der Waals surface area contributed by atoms with Crippen LogP contribution in [0.4, 0.5) is 5.69 Å². The molecule has 0 aliphatic rings. The summed E-state index contributed by atoms with van der Waals surface area (Å²) in [7, 11) is 1.37. The molecule has 0 unspecified atom stereocenters. The van der Waals surface area contributed by atoms with Gasteiger partial charge in [0.15, 0.2) is 17.3 Å². The molecule has 0 saturated carbocycles. The third-order valence-electron chi connectivity index (χ3n) is 4.07. The molecule has 1 N–H and O–H groups in total. The Kier molecular flexibility index (Phi) is 6.25. The summed E-state index contributed by atoms with van der Waals surface area (Å²) in [6, 6.07) is 8.34. The van der Waals surface area contributed by atoms with E-state index in [9.17, 15) is 19.7 Å². The van der Waals surface area contributed by atoms with Crippen LogP contribution in [0.15, 0.2) is 36.4 Å². The zero-order chi connectivity index (χ0) is 21.1. The Labute approximate surface area is 166 Å². The molecular weight excluding hydrogens is 388 g/mol. The number of amides is 1. The summed E-state index contributed by atoms with van der Waals surface area (Å²) >= 11 is 5.80. The third-order valence-corrected chi connectivity index (χ3v) is 4.30. The first-order valence-electron chi connectivity index (χ1n) is 8.18. The van der Waals surface area contributed by atoms with Crippen molar-refractivity contribution in [3.63, 3.8) is 0 Å². The number of ether oxygens (including phenoxy) is 2. The molecule has 148 valence electrons. The molecule has 0 heterocycles. The van der Waals surface area contributed by atoms with Gasteiger partial charge >= 0.3 is 5.69 Å². The maximum absolute atomic E-state index is 12.4. The van der Waals surface area contributed by atoms with Crippen molar-refractivity contribution in [2.24, 2.45) is 0 Å². The van der Waals surface area contributed by atoms with Crippen molar-refractivity contribution in [1.82, 2.24) is 5.32 Å². The highest BCUT2D eigenvalue weighted by Gasteiger charge is 2.26. The van der Waals surface area contributed by atoms with Crippen LogP contribution >= 0.6 is 11.6 Å². The van der Waals surface area contributed by atoms with E-state index in [0.29, 0.717) is 0 Å². The molecule has 0 saturated heterocycles. The maximum Gasteiger partial charge on any atom is 0.313 e. The van der Waals surface area contributed by atoms with Crippen LogP contribution in [-0.4, -0.2) is 29.3 Å². The second-order valence-corrected chi connectivity index (χ2v) is 6.91. The largest absolute Gasteiger partial charge is 0.493 e. The smallest absolute Gasteiger partial charge is 0.313 e. The number of halogens is 1. The van der Waals surface area contributed by atoms with Crippen LogP contribution in [0.2, 0.25) is 5.02 Å². The van der Waals surface area contributed by atoms with E-state index in [1.165, 1.54) is 50.4 Å². The standard InChI is InChI=1S/C19H19ClN2O6/c1-11(23)19(2,3)21-18(24)12-5-7-16(17(9-12)27-4)28-15-8-6-13(20)10-14(15)22(25)26/h5-10H,1-4H3,(H,21,24). The van der Waals surface area contributed by atoms with Gasteiger partial charge in [-0.2, -0.15) is 0 Å². The molecule has 2 aromatic carbocycles. The number of nitro groups is 1. The van der Waals surface area contributed by atoms with Crippen molar-refractivity contribution < 1.29 is 24.0 Å². The fourth-order valence-electron chi connectivity index (χ4n) is 2.18. The molecule has 0 aromatic heterocycles. The number of Topliss-reactive ketones (excluding diaryl/α,β-unsaturated/α-hetero) is 1. The highest BCUT2D eigenvalue weighted by atomic mass is 35.5. The predicted octanol–water partition coefficient (Wildman–Crippen LogP) is 4.15. The van der Waals surface area contributed by atoms with Crippen LogP contribution in [-0.2, 0) is 4.79 Å². The van der Waals surface area contributed by atoms with Gasteiger partial charge in [-0.05, 0) is 51.1 Å². The van der Waals surface area contributed by atoms with Crippen LogP contribution in [0.5, 0.6) is 17.2 Å². The second-order valence-electron chi connectivity index (χ2n) is 6.47. The summed E-state index contributed by atoms with van der Waals surface area (Å²) in [6.07, 6.45) is 0. The maximum atomic E-state index is 12.4. The fourth-order valence-corrected chi connectivity index (χ4v) is 2.34. The SMILES string of the molecule is COc1cc(C(=O)NC(C)(C)C(C)=O)ccc1Oc1ccc(Cl)cc1[N+](=O)[O-]. The number of hydrogen-bond donors (Lipinski definition) is 1. The number of benzene rings is 2. The zero-order valence-electron chi connectivity index (χ0n) is 15.7. The Bertz CT molecular complexity index is 942. The number of rotatable bonds is 7. The Morgan fingerprint density at radius 1 is 1.11 bits per heavy atom. The van der Waals surface area contributed by atoms with Crippen LogP contribution in [0.1, 0.15) is 31.1 Å².